The smallest absolute Gasteiger partial charge is 0.163 e. The molecule has 80 valence electrons. The Bertz CT molecular complexity index is 264. The summed E-state index contributed by atoms with van der Waals surface area (Å²) in [7, 11) is 0. The molecule has 4 atom stereocenters. The number of alkyl halides is 1. The van der Waals surface area contributed by atoms with E-state index in [9.17, 15) is 5.11 Å². The second kappa shape index (κ2) is 3.30. The van der Waals surface area contributed by atoms with E-state index in [4.69, 9.17) is 9.47 Å². The molecule has 1 saturated carbocycles. The normalized spacial score (nSPS) is 46.4. The molecular formula is C10H15BrO3. The summed E-state index contributed by atoms with van der Waals surface area (Å²) >= 11 is 3.54. The molecule has 2 fully saturated rings. The van der Waals surface area contributed by atoms with Gasteiger partial charge in [0.15, 0.2) is 5.79 Å². The molecule has 0 aromatic heterocycles. The van der Waals surface area contributed by atoms with Crippen molar-refractivity contribution in [3.63, 3.8) is 0 Å². The fraction of sp³-hybridized carbons (Fsp3) is 0.800. The molecule has 1 aliphatic heterocycles. The van der Waals surface area contributed by atoms with Gasteiger partial charge in [-0.05, 0) is 25.8 Å². The fourth-order valence-electron chi connectivity index (χ4n) is 2.06. The summed E-state index contributed by atoms with van der Waals surface area (Å²) in [4.78, 5) is 0.185. The first-order valence-corrected chi connectivity index (χ1v) is 5.68. The van der Waals surface area contributed by atoms with Crippen LogP contribution in [0.5, 0.6) is 0 Å². The number of hydrogen-bond donors (Lipinski definition) is 1. The molecule has 1 saturated heterocycles. The summed E-state index contributed by atoms with van der Waals surface area (Å²) in [5.41, 5.74) is 0.814. The van der Waals surface area contributed by atoms with E-state index < -0.39 is 11.9 Å². The van der Waals surface area contributed by atoms with E-state index >= 15 is 0 Å². The minimum absolute atomic E-state index is 0.0782. The zero-order valence-electron chi connectivity index (χ0n) is 8.37. The van der Waals surface area contributed by atoms with Crippen LogP contribution in [0.25, 0.3) is 0 Å². The second-order valence-corrected chi connectivity index (χ2v) is 5.56. The average Bonchev–Trinajstić information content (AvgIpc) is 2.38. The molecule has 3 nitrogen and oxygen atoms in total. The molecule has 2 aliphatic rings. The lowest BCUT2D eigenvalue weighted by Crippen LogP contribution is -2.46. The van der Waals surface area contributed by atoms with Gasteiger partial charge in [-0.15, -0.1) is 0 Å². The van der Waals surface area contributed by atoms with E-state index in [-0.39, 0.29) is 17.0 Å². The van der Waals surface area contributed by atoms with Crippen molar-refractivity contribution in [1.82, 2.24) is 0 Å². The summed E-state index contributed by atoms with van der Waals surface area (Å²) in [5.74, 6) is -0.604. The lowest BCUT2D eigenvalue weighted by atomic mass is 9.88. The van der Waals surface area contributed by atoms with Crippen LogP contribution in [-0.2, 0) is 9.47 Å². The first-order chi connectivity index (χ1) is 6.41. The minimum atomic E-state index is -0.604. The SMILES string of the molecule is C=C1C[C@H](Br)[C@H]2OC(C)(C)O[C@@H]2[C@H]1O. The van der Waals surface area contributed by atoms with E-state index in [0.29, 0.717) is 0 Å². The number of rotatable bonds is 0. The maximum absolute atomic E-state index is 9.87. The van der Waals surface area contributed by atoms with Crippen molar-refractivity contribution in [2.24, 2.45) is 0 Å². The van der Waals surface area contributed by atoms with Gasteiger partial charge in [-0.2, -0.15) is 0 Å². The van der Waals surface area contributed by atoms with Gasteiger partial charge in [-0.1, -0.05) is 22.5 Å². The van der Waals surface area contributed by atoms with E-state index in [0.717, 1.165) is 12.0 Å². The van der Waals surface area contributed by atoms with Gasteiger partial charge in [0.2, 0.25) is 0 Å². The van der Waals surface area contributed by atoms with Crippen LogP contribution in [0.3, 0.4) is 0 Å². The highest BCUT2D eigenvalue weighted by molar-refractivity contribution is 9.09. The zero-order chi connectivity index (χ0) is 10.5. The predicted molar refractivity (Wildman–Crippen MR) is 56.3 cm³/mol. The Morgan fingerprint density at radius 3 is 2.64 bits per heavy atom. The van der Waals surface area contributed by atoms with Crippen LogP contribution >= 0.6 is 15.9 Å². The first-order valence-electron chi connectivity index (χ1n) is 4.76. The maximum atomic E-state index is 9.87. The maximum Gasteiger partial charge on any atom is 0.163 e. The Kier molecular flexibility index (Phi) is 2.50. The second-order valence-electron chi connectivity index (χ2n) is 4.39. The third kappa shape index (κ3) is 1.65. The molecule has 1 heterocycles. The Balaban J connectivity index is 2.22. The van der Waals surface area contributed by atoms with Crippen molar-refractivity contribution in [2.45, 2.75) is 49.2 Å². The minimum Gasteiger partial charge on any atom is -0.386 e. The molecule has 14 heavy (non-hydrogen) atoms. The zero-order valence-corrected chi connectivity index (χ0v) is 9.95. The number of aliphatic hydroxyl groups is 1. The van der Waals surface area contributed by atoms with Crippen LogP contribution in [-0.4, -0.2) is 34.0 Å². The molecule has 1 N–H and O–H groups in total. The molecule has 4 heteroatoms. The Labute approximate surface area is 92.2 Å². The van der Waals surface area contributed by atoms with E-state index in [1.54, 1.807) is 0 Å². The molecule has 0 unspecified atom stereocenters. The summed E-state index contributed by atoms with van der Waals surface area (Å²) in [6.45, 7) is 7.56. The van der Waals surface area contributed by atoms with Gasteiger partial charge in [0.25, 0.3) is 0 Å². The molecule has 0 aromatic rings. The Morgan fingerprint density at radius 2 is 2.00 bits per heavy atom. The highest BCUT2D eigenvalue weighted by atomic mass is 79.9. The summed E-state index contributed by atoms with van der Waals surface area (Å²) in [5, 5.41) is 9.87. The van der Waals surface area contributed by atoms with Crippen LogP contribution in [0.1, 0.15) is 20.3 Å². The lowest BCUT2D eigenvalue weighted by Gasteiger charge is -2.33. The van der Waals surface area contributed by atoms with Crippen molar-refractivity contribution < 1.29 is 14.6 Å². The molecule has 0 amide bonds. The number of fused-ring (bicyclic) bond motifs is 1. The van der Waals surface area contributed by atoms with E-state index in [1.807, 2.05) is 13.8 Å². The topological polar surface area (TPSA) is 38.7 Å². The lowest BCUT2D eigenvalue weighted by molar-refractivity contribution is -0.151. The largest absolute Gasteiger partial charge is 0.386 e. The van der Waals surface area contributed by atoms with Crippen molar-refractivity contribution in [2.75, 3.05) is 0 Å². The van der Waals surface area contributed by atoms with Gasteiger partial charge in [-0.3, -0.25) is 0 Å². The first kappa shape index (κ1) is 10.6. The van der Waals surface area contributed by atoms with Crippen molar-refractivity contribution in [3.05, 3.63) is 12.2 Å². The highest BCUT2D eigenvalue weighted by Crippen LogP contribution is 2.41. The van der Waals surface area contributed by atoms with Gasteiger partial charge in [0.05, 0.1) is 0 Å². The third-order valence-corrected chi connectivity index (χ3v) is 3.55. The number of aliphatic hydroxyl groups excluding tert-OH is 1. The number of halogens is 1. The van der Waals surface area contributed by atoms with Gasteiger partial charge < -0.3 is 14.6 Å². The summed E-state index contributed by atoms with van der Waals surface area (Å²) in [6, 6.07) is 0. The standard InChI is InChI=1S/C10H15BrO3/c1-5-4-6(11)8-9(7(5)12)14-10(2,3)13-8/h6-9,12H,1,4H2,2-3H3/t6-,7-,8+,9+/m0/s1. The van der Waals surface area contributed by atoms with Crippen LogP contribution in [0.4, 0.5) is 0 Å². The van der Waals surface area contributed by atoms with Crippen LogP contribution < -0.4 is 0 Å². The van der Waals surface area contributed by atoms with Crippen LogP contribution in [0, 0.1) is 0 Å². The monoisotopic (exact) mass is 262 g/mol. The summed E-state index contributed by atoms with van der Waals surface area (Å²) in [6.07, 6.45) is -0.224. The van der Waals surface area contributed by atoms with Crippen molar-refractivity contribution >= 4 is 15.9 Å². The molecular weight excluding hydrogens is 248 g/mol. The van der Waals surface area contributed by atoms with Gasteiger partial charge in [0.1, 0.15) is 18.3 Å². The molecule has 2 rings (SSSR count). The van der Waals surface area contributed by atoms with Crippen molar-refractivity contribution in [1.29, 1.82) is 0 Å². The number of ether oxygens (including phenoxy) is 2. The average molecular weight is 263 g/mol. The fourth-order valence-corrected chi connectivity index (χ4v) is 2.89. The predicted octanol–water partition coefficient (Wildman–Crippen LogP) is 1.59. The van der Waals surface area contributed by atoms with E-state index in [2.05, 4.69) is 22.5 Å². The third-order valence-electron chi connectivity index (χ3n) is 2.71. The molecule has 0 aromatic carbocycles. The Morgan fingerprint density at radius 1 is 1.43 bits per heavy atom. The Hall–Kier alpha value is 0.1000. The van der Waals surface area contributed by atoms with Gasteiger partial charge in [-0.25, -0.2) is 0 Å². The van der Waals surface area contributed by atoms with Gasteiger partial charge >= 0.3 is 0 Å². The molecule has 0 radical (unpaired) electrons. The molecule has 0 bridgehead atoms. The van der Waals surface area contributed by atoms with Gasteiger partial charge in [0, 0.05) is 4.83 Å². The number of hydrogen-bond acceptors (Lipinski definition) is 3. The summed E-state index contributed by atoms with van der Waals surface area (Å²) < 4.78 is 11.4. The van der Waals surface area contributed by atoms with Crippen LogP contribution in [0.2, 0.25) is 0 Å². The molecule has 1 aliphatic carbocycles. The van der Waals surface area contributed by atoms with E-state index in [1.165, 1.54) is 0 Å². The molecule has 0 spiro atoms. The quantitative estimate of drug-likeness (QED) is 0.533. The van der Waals surface area contributed by atoms with Crippen LogP contribution in [0.15, 0.2) is 12.2 Å². The highest BCUT2D eigenvalue weighted by Gasteiger charge is 2.51. The van der Waals surface area contributed by atoms with Crippen molar-refractivity contribution in [3.8, 4) is 0 Å².